The molecule has 3 aliphatic rings. The quantitative estimate of drug-likeness (QED) is 0.557. The highest BCUT2D eigenvalue weighted by molar-refractivity contribution is 9.10. The van der Waals surface area contributed by atoms with E-state index < -0.39 is 0 Å². The van der Waals surface area contributed by atoms with Crippen LogP contribution in [0.4, 0.5) is 11.6 Å². The van der Waals surface area contributed by atoms with E-state index in [1.165, 1.54) is 0 Å². The van der Waals surface area contributed by atoms with E-state index in [-0.39, 0.29) is 17.7 Å². The maximum absolute atomic E-state index is 12.8. The zero-order valence-electron chi connectivity index (χ0n) is 20.2. The van der Waals surface area contributed by atoms with Gasteiger partial charge < -0.3 is 20.4 Å². The van der Waals surface area contributed by atoms with Crippen LogP contribution in [-0.2, 0) is 11.2 Å². The van der Waals surface area contributed by atoms with Gasteiger partial charge in [-0.2, -0.15) is 0 Å². The summed E-state index contributed by atoms with van der Waals surface area (Å²) in [6.07, 6.45) is 7.83. The van der Waals surface area contributed by atoms with Crippen LogP contribution in [0.3, 0.4) is 0 Å². The number of amides is 2. The minimum Gasteiger partial charge on any atom is -0.353 e. The van der Waals surface area contributed by atoms with E-state index in [2.05, 4.69) is 43.5 Å². The van der Waals surface area contributed by atoms with E-state index in [0.29, 0.717) is 23.5 Å². The standard InChI is InChI=1S/C26H33BrN6O2/c1-32-11-13-33(14-12-32)25(35)17-5-7-20(8-6-17)30-26-28-16-22(27)23(31-26)15-18-3-2-4-21(18)24(34)29-19-9-10-19/h5-8,16,18-19,21H,2-4,9-15H2,1H3,(H,29,34)(H,28,30,31)/t18-,21-/m0/s1. The molecule has 1 saturated heterocycles. The maximum Gasteiger partial charge on any atom is 0.253 e. The third-order valence-electron chi connectivity index (χ3n) is 7.37. The first-order chi connectivity index (χ1) is 17.0. The predicted molar refractivity (Wildman–Crippen MR) is 139 cm³/mol. The van der Waals surface area contributed by atoms with Gasteiger partial charge in [-0.05, 0) is 85.3 Å². The van der Waals surface area contributed by atoms with Crippen molar-refractivity contribution in [2.45, 2.75) is 44.6 Å². The molecule has 0 spiro atoms. The Bertz CT molecular complexity index is 1070. The molecule has 2 saturated carbocycles. The van der Waals surface area contributed by atoms with Crippen LogP contribution >= 0.6 is 15.9 Å². The van der Waals surface area contributed by atoms with Crippen LogP contribution in [0, 0.1) is 11.8 Å². The second kappa shape index (κ2) is 10.6. The van der Waals surface area contributed by atoms with Gasteiger partial charge in [-0.25, -0.2) is 9.97 Å². The first-order valence-electron chi connectivity index (χ1n) is 12.6. The number of likely N-dealkylation sites (N-methyl/N-ethyl adjacent to an activating group) is 1. The highest BCUT2D eigenvalue weighted by atomic mass is 79.9. The number of carbonyl (C=O) groups excluding carboxylic acids is 2. The van der Waals surface area contributed by atoms with Gasteiger partial charge in [-0.3, -0.25) is 9.59 Å². The molecular weight excluding hydrogens is 508 g/mol. The molecule has 186 valence electrons. The monoisotopic (exact) mass is 540 g/mol. The molecule has 0 unspecified atom stereocenters. The molecule has 0 radical (unpaired) electrons. The van der Waals surface area contributed by atoms with Crippen molar-refractivity contribution in [1.29, 1.82) is 0 Å². The van der Waals surface area contributed by atoms with Crippen molar-refractivity contribution in [1.82, 2.24) is 25.1 Å². The third kappa shape index (κ3) is 6.01. The number of rotatable bonds is 7. The van der Waals surface area contributed by atoms with E-state index in [4.69, 9.17) is 4.98 Å². The minimum absolute atomic E-state index is 0.0688. The number of anilines is 2. The van der Waals surface area contributed by atoms with Gasteiger partial charge in [0.2, 0.25) is 11.9 Å². The fourth-order valence-corrected chi connectivity index (χ4v) is 5.39. The lowest BCUT2D eigenvalue weighted by molar-refractivity contribution is -0.126. The zero-order valence-corrected chi connectivity index (χ0v) is 21.8. The predicted octanol–water partition coefficient (Wildman–Crippen LogP) is 3.61. The number of halogens is 1. The average Bonchev–Trinajstić information content (AvgIpc) is 3.55. The Hall–Kier alpha value is -2.52. The number of nitrogens with one attached hydrogen (secondary N) is 2. The molecular formula is C26H33BrN6O2. The Balaban J connectivity index is 1.21. The number of carbonyl (C=O) groups is 2. The van der Waals surface area contributed by atoms with Crippen molar-refractivity contribution in [3.05, 3.63) is 46.2 Å². The Morgan fingerprint density at radius 1 is 1.06 bits per heavy atom. The van der Waals surface area contributed by atoms with Crippen molar-refractivity contribution in [2.24, 2.45) is 11.8 Å². The van der Waals surface area contributed by atoms with Crippen LogP contribution in [0.5, 0.6) is 0 Å². The van der Waals surface area contributed by atoms with Crippen LogP contribution in [0.2, 0.25) is 0 Å². The summed E-state index contributed by atoms with van der Waals surface area (Å²) < 4.78 is 0.865. The van der Waals surface area contributed by atoms with E-state index in [1.807, 2.05) is 29.2 Å². The number of nitrogens with zero attached hydrogens (tertiary/aromatic N) is 4. The summed E-state index contributed by atoms with van der Waals surface area (Å²) in [4.78, 5) is 38.8. The van der Waals surface area contributed by atoms with Gasteiger partial charge in [0.25, 0.3) is 5.91 Å². The lowest BCUT2D eigenvalue weighted by Crippen LogP contribution is -2.47. The summed E-state index contributed by atoms with van der Waals surface area (Å²) >= 11 is 3.60. The van der Waals surface area contributed by atoms with E-state index >= 15 is 0 Å². The Labute approximate surface area is 215 Å². The van der Waals surface area contributed by atoms with Gasteiger partial charge >= 0.3 is 0 Å². The normalized spacial score (nSPS) is 22.7. The minimum atomic E-state index is 0.0688. The molecule has 3 fully saturated rings. The van der Waals surface area contributed by atoms with Crippen molar-refractivity contribution in [3.8, 4) is 0 Å². The van der Waals surface area contributed by atoms with E-state index in [9.17, 15) is 9.59 Å². The number of aromatic nitrogens is 2. The third-order valence-corrected chi connectivity index (χ3v) is 8.03. The van der Waals surface area contributed by atoms with Crippen LogP contribution in [0.15, 0.2) is 34.9 Å². The summed E-state index contributed by atoms with van der Waals surface area (Å²) in [5, 5.41) is 6.44. The van der Waals surface area contributed by atoms with Crippen molar-refractivity contribution in [3.63, 3.8) is 0 Å². The van der Waals surface area contributed by atoms with Crippen LogP contribution in [0.1, 0.15) is 48.2 Å². The fraction of sp³-hybridized carbons (Fsp3) is 0.538. The molecule has 5 rings (SSSR count). The molecule has 2 amide bonds. The molecule has 0 bridgehead atoms. The second-order valence-electron chi connectivity index (χ2n) is 10.1. The molecule has 9 heteroatoms. The van der Waals surface area contributed by atoms with Crippen LogP contribution in [-0.4, -0.2) is 70.9 Å². The first kappa shape index (κ1) is 24.2. The molecule has 8 nitrogen and oxygen atoms in total. The van der Waals surface area contributed by atoms with Gasteiger partial charge in [-0.1, -0.05) is 6.42 Å². The molecule has 1 aromatic carbocycles. The number of piperazine rings is 1. The van der Waals surface area contributed by atoms with Gasteiger partial charge in [0.05, 0.1) is 10.2 Å². The van der Waals surface area contributed by atoms with E-state index in [1.54, 1.807) is 6.20 Å². The maximum atomic E-state index is 12.8. The molecule has 2 heterocycles. The Morgan fingerprint density at radius 3 is 2.51 bits per heavy atom. The fourth-order valence-electron chi connectivity index (χ4n) is 5.03. The smallest absolute Gasteiger partial charge is 0.253 e. The van der Waals surface area contributed by atoms with Crippen molar-refractivity contribution < 1.29 is 9.59 Å². The number of hydrogen-bond donors (Lipinski definition) is 2. The highest BCUT2D eigenvalue weighted by Gasteiger charge is 2.36. The summed E-state index contributed by atoms with van der Waals surface area (Å²) in [7, 11) is 2.08. The van der Waals surface area contributed by atoms with Gasteiger partial charge in [0.1, 0.15) is 0 Å². The SMILES string of the molecule is CN1CCN(C(=O)c2ccc(Nc3ncc(Br)c(C[C@@H]4CCC[C@@H]4C(=O)NC4CC4)n3)cc2)CC1. The first-order valence-corrected chi connectivity index (χ1v) is 13.4. The van der Waals surface area contributed by atoms with Crippen molar-refractivity contribution in [2.75, 3.05) is 38.5 Å². The van der Waals surface area contributed by atoms with Crippen LogP contribution in [0.25, 0.3) is 0 Å². The summed E-state index contributed by atoms with van der Waals surface area (Å²) in [6.45, 7) is 3.33. The molecule has 2 aliphatic carbocycles. The number of hydrogen-bond acceptors (Lipinski definition) is 6. The summed E-state index contributed by atoms with van der Waals surface area (Å²) in [5.74, 6) is 1.17. The Morgan fingerprint density at radius 2 is 1.80 bits per heavy atom. The van der Waals surface area contributed by atoms with E-state index in [0.717, 1.165) is 80.6 Å². The zero-order chi connectivity index (χ0) is 24.4. The highest BCUT2D eigenvalue weighted by Crippen LogP contribution is 2.36. The topological polar surface area (TPSA) is 90.5 Å². The number of benzene rings is 1. The molecule has 2 aromatic rings. The van der Waals surface area contributed by atoms with Crippen molar-refractivity contribution >= 4 is 39.4 Å². The largest absolute Gasteiger partial charge is 0.353 e. The second-order valence-corrected chi connectivity index (χ2v) is 10.9. The van der Waals surface area contributed by atoms with Gasteiger partial charge in [0, 0.05) is 55.6 Å². The Kier molecular flexibility index (Phi) is 7.34. The lowest BCUT2D eigenvalue weighted by atomic mass is 9.90. The lowest BCUT2D eigenvalue weighted by Gasteiger charge is -2.32. The molecule has 35 heavy (non-hydrogen) atoms. The molecule has 1 aliphatic heterocycles. The summed E-state index contributed by atoms with van der Waals surface area (Å²) in [5.41, 5.74) is 2.44. The summed E-state index contributed by atoms with van der Waals surface area (Å²) in [6, 6.07) is 7.88. The van der Waals surface area contributed by atoms with Crippen LogP contribution < -0.4 is 10.6 Å². The van der Waals surface area contributed by atoms with Gasteiger partial charge in [0.15, 0.2) is 0 Å². The molecule has 1 aromatic heterocycles. The van der Waals surface area contributed by atoms with Gasteiger partial charge in [-0.15, -0.1) is 0 Å². The molecule has 2 N–H and O–H groups in total. The average molecular weight is 541 g/mol. The molecule has 2 atom stereocenters.